The number of ether oxygens (including phenoxy) is 2. The van der Waals surface area contributed by atoms with Gasteiger partial charge in [-0.3, -0.25) is 4.79 Å². The Kier molecular flexibility index (Phi) is 6.62. The lowest BCUT2D eigenvalue weighted by atomic mass is 9.97. The Labute approximate surface area is 154 Å². The molecule has 0 spiro atoms. The number of para-hydroxylation sites is 1. The number of rotatable bonds is 7. The topological polar surface area (TPSA) is 71.3 Å². The second-order valence-electron chi connectivity index (χ2n) is 6.12. The summed E-state index contributed by atoms with van der Waals surface area (Å²) in [5.41, 5.74) is 2.37. The standard InChI is InChI=1S/C21H24N2O3/c1-5-14(2)17-8-6-7-9-18(17)23-21(24)15(3)26-19-11-10-16(13-22)12-20(19)25-4/h6-12,14-15H,5H2,1-4H3,(H,23,24)/t14-,15-/m0/s1. The summed E-state index contributed by atoms with van der Waals surface area (Å²) in [5.74, 6) is 0.946. The summed E-state index contributed by atoms with van der Waals surface area (Å²) in [7, 11) is 1.50. The minimum atomic E-state index is -0.721. The number of nitrogens with one attached hydrogen (secondary N) is 1. The van der Waals surface area contributed by atoms with Crippen LogP contribution in [0.25, 0.3) is 0 Å². The number of carbonyl (C=O) groups excluding carboxylic acids is 1. The first-order valence-corrected chi connectivity index (χ1v) is 8.64. The molecular formula is C21H24N2O3. The van der Waals surface area contributed by atoms with Gasteiger partial charge in [0.15, 0.2) is 17.6 Å². The first-order chi connectivity index (χ1) is 12.5. The molecule has 2 atom stereocenters. The highest BCUT2D eigenvalue weighted by Gasteiger charge is 2.19. The van der Waals surface area contributed by atoms with Gasteiger partial charge in [0.1, 0.15) is 0 Å². The first kappa shape index (κ1) is 19.3. The van der Waals surface area contributed by atoms with E-state index >= 15 is 0 Å². The molecule has 0 fully saturated rings. The van der Waals surface area contributed by atoms with Gasteiger partial charge in [0, 0.05) is 11.8 Å². The first-order valence-electron chi connectivity index (χ1n) is 8.64. The van der Waals surface area contributed by atoms with E-state index in [0.717, 1.165) is 17.7 Å². The molecule has 5 nitrogen and oxygen atoms in total. The second-order valence-corrected chi connectivity index (χ2v) is 6.12. The third-order valence-electron chi connectivity index (χ3n) is 4.33. The molecule has 0 aliphatic heterocycles. The lowest BCUT2D eigenvalue weighted by Gasteiger charge is -2.19. The van der Waals surface area contributed by atoms with Gasteiger partial charge in [-0.25, -0.2) is 0 Å². The number of amides is 1. The molecule has 1 amide bonds. The van der Waals surface area contributed by atoms with Crippen LogP contribution in [0, 0.1) is 11.3 Å². The molecule has 1 N–H and O–H groups in total. The van der Waals surface area contributed by atoms with Crippen molar-refractivity contribution in [3.8, 4) is 17.6 Å². The lowest BCUT2D eigenvalue weighted by Crippen LogP contribution is -2.30. The number of carbonyl (C=O) groups is 1. The molecule has 0 radical (unpaired) electrons. The van der Waals surface area contributed by atoms with Crippen LogP contribution in [0.15, 0.2) is 42.5 Å². The van der Waals surface area contributed by atoms with E-state index in [9.17, 15) is 4.79 Å². The van der Waals surface area contributed by atoms with E-state index in [1.165, 1.54) is 7.11 Å². The quantitative estimate of drug-likeness (QED) is 0.797. The van der Waals surface area contributed by atoms with Crippen LogP contribution in [-0.2, 0) is 4.79 Å². The Morgan fingerprint density at radius 2 is 1.92 bits per heavy atom. The Hall–Kier alpha value is -3.00. The molecule has 0 bridgehead atoms. The van der Waals surface area contributed by atoms with Gasteiger partial charge in [-0.1, -0.05) is 32.0 Å². The fourth-order valence-electron chi connectivity index (χ4n) is 2.57. The van der Waals surface area contributed by atoms with E-state index in [1.807, 2.05) is 30.3 Å². The molecule has 0 saturated heterocycles. The van der Waals surface area contributed by atoms with Gasteiger partial charge in [0.25, 0.3) is 5.91 Å². The van der Waals surface area contributed by atoms with E-state index < -0.39 is 6.10 Å². The zero-order chi connectivity index (χ0) is 19.1. The van der Waals surface area contributed by atoms with E-state index in [4.69, 9.17) is 14.7 Å². The summed E-state index contributed by atoms with van der Waals surface area (Å²) in [6, 6.07) is 14.7. The van der Waals surface area contributed by atoms with E-state index in [-0.39, 0.29) is 5.91 Å². The molecule has 2 rings (SSSR count). The Morgan fingerprint density at radius 1 is 1.19 bits per heavy atom. The molecule has 0 aliphatic rings. The van der Waals surface area contributed by atoms with Crippen molar-refractivity contribution < 1.29 is 14.3 Å². The summed E-state index contributed by atoms with van der Waals surface area (Å²) < 4.78 is 11.0. The minimum Gasteiger partial charge on any atom is -0.493 e. The van der Waals surface area contributed by atoms with Crippen molar-refractivity contribution in [2.24, 2.45) is 0 Å². The van der Waals surface area contributed by atoms with Gasteiger partial charge >= 0.3 is 0 Å². The number of hydrogen-bond acceptors (Lipinski definition) is 4. The summed E-state index contributed by atoms with van der Waals surface area (Å²) >= 11 is 0. The molecule has 136 valence electrons. The number of nitrogens with zero attached hydrogens (tertiary/aromatic N) is 1. The van der Waals surface area contributed by atoms with E-state index in [0.29, 0.717) is 23.0 Å². The van der Waals surface area contributed by atoms with Gasteiger partial charge in [-0.2, -0.15) is 5.26 Å². The highest BCUT2D eigenvalue weighted by Crippen LogP contribution is 2.30. The minimum absolute atomic E-state index is 0.243. The Balaban J connectivity index is 2.13. The molecule has 0 heterocycles. The number of nitriles is 1. The van der Waals surface area contributed by atoms with Crippen molar-refractivity contribution in [1.29, 1.82) is 5.26 Å². The fourth-order valence-corrected chi connectivity index (χ4v) is 2.57. The molecule has 2 aromatic rings. The highest BCUT2D eigenvalue weighted by molar-refractivity contribution is 5.94. The van der Waals surface area contributed by atoms with E-state index in [1.54, 1.807) is 25.1 Å². The van der Waals surface area contributed by atoms with Gasteiger partial charge in [0.2, 0.25) is 0 Å². The number of hydrogen-bond donors (Lipinski definition) is 1. The van der Waals surface area contributed by atoms with Crippen LogP contribution < -0.4 is 14.8 Å². The lowest BCUT2D eigenvalue weighted by molar-refractivity contribution is -0.122. The Morgan fingerprint density at radius 3 is 2.58 bits per heavy atom. The average molecular weight is 352 g/mol. The zero-order valence-corrected chi connectivity index (χ0v) is 15.6. The van der Waals surface area contributed by atoms with Gasteiger partial charge < -0.3 is 14.8 Å². The van der Waals surface area contributed by atoms with Crippen molar-refractivity contribution in [3.63, 3.8) is 0 Å². The van der Waals surface area contributed by atoms with Crippen LogP contribution in [0.1, 0.15) is 44.2 Å². The SMILES string of the molecule is CC[C@H](C)c1ccccc1NC(=O)[C@H](C)Oc1ccc(C#N)cc1OC. The number of anilines is 1. The largest absolute Gasteiger partial charge is 0.493 e. The maximum Gasteiger partial charge on any atom is 0.265 e. The van der Waals surface area contributed by atoms with Gasteiger partial charge in [0.05, 0.1) is 18.7 Å². The van der Waals surface area contributed by atoms with Gasteiger partial charge in [-0.15, -0.1) is 0 Å². The normalized spacial score (nSPS) is 12.6. The van der Waals surface area contributed by atoms with Crippen molar-refractivity contribution >= 4 is 11.6 Å². The van der Waals surface area contributed by atoms with Crippen molar-refractivity contribution in [3.05, 3.63) is 53.6 Å². The Bertz CT molecular complexity index is 811. The zero-order valence-electron chi connectivity index (χ0n) is 15.6. The number of methoxy groups -OCH3 is 1. The summed E-state index contributed by atoms with van der Waals surface area (Å²) in [4.78, 5) is 12.6. The van der Waals surface area contributed by atoms with Crippen LogP contribution in [0.5, 0.6) is 11.5 Å². The maximum absolute atomic E-state index is 12.6. The second kappa shape index (κ2) is 8.91. The monoisotopic (exact) mass is 352 g/mol. The van der Waals surface area contributed by atoms with Crippen molar-refractivity contribution in [2.75, 3.05) is 12.4 Å². The molecular weight excluding hydrogens is 328 g/mol. The van der Waals surface area contributed by atoms with Crippen molar-refractivity contribution in [2.45, 2.75) is 39.2 Å². The summed E-state index contributed by atoms with van der Waals surface area (Å²) in [5, 5.41) is 11.9. The maximum atomic E-state index is 12.6. The molecule has 26 heavy (non-hydrogen) atoms. The van der Waals surface area contributed by atoms with Crippen LogP contribution in [0.4, 0.5) is 5.69 Å². The van der Waals surface area contributed by atoms with Crippen molar-refractivity contribution in [1.82, 2.24) is 0 Å². The van der Waals surface area contributed by atoms with E-state index in [2.05, 4.69) is 19.2 Å². The molecule has 5 heteroatoms. The molecule has 0 aromatic heterocycles. The highest BCUT2D eigenvalue weighted by atomic mass is 16.5. The summed E-state index contributed by atoms with van der Waals surface area (Å²) in [6.07, 6.45) is 0.267. The third-order valence-corrected chi connectivity index (χ3v) is 4.33. The smallest absolute Gasteiger partial charge is 0.265 e. The fraction of sp³-hybridized carbons (Fsp3) is 0.333. The molecule has 0 saturated carbocycles. The predicted molar refractivity (Wildman–Crippen MR) is 102 cm³/mol. The average Bonchev–Trinajstić information content (AvgIpc) is 2.67. The number of benzene rings is 2. The van der Waals surface area contributed by atoms with Gasteiger partial charge in [-0.05, 0) is 43.0 Å². The molecule has 2 aromatic carbocycles. The third kappa shape index (κ3) is 4.54. The van der Waals surface area contributed by atoms with Crippen LogP contribution in [0.2, 0.25) is 0 Å². The molecule has 0 unspecified atom stereocenters. The van der Waals surface area contributed by atoms with Crippen LogP contribution in [-0.4, -0.2) is 19.1 Å². The van der Waals surface area contributed by atoms with Crippen LogP contribution >= 0.6 is 0 Å². The predicted octanol–water partition coefficient (Wildman–Crippen LogP) is 4.49. The molecule has 0 aliphatic carbocycles. The van der Waals surface area contributed by atoms with Crippen LogP contribution in [0.3, 0.4) is 0 Å². The summed E-state index contributed by atoms with van der Waals surface area (Å²) in [6.45, 7) is 5.93.